The molecule has 8 heteroatoms. The van der Waals surface area contributed by atoms with Gasteiger partial charge in [-0.25, -0.2) is 12.7 Å². The number of benzene rings is 2. The molecule has 1 aliphatic carbocycles. The largest absolute Gasteiger partial charge is 0.496 e. The van der Waals surface area contributed by atoms with Gasteiger partial charge in [-0.15, -0.1) is 0 Å². The van der Waals surface area contributed by atoms with Crippen LogP contribution in [0.2, 0.25) is 5.02 Å². The first-order valence-corrected chi connectivity index (χ1v) is 11.0. The number of rotatable bonds is 6. The highest BCUT2D eigenvalue weighted by molar-refractivity contribution is 7.89. The topological polar surface area (TPSA) is 75.7 Å². The van der Waals surface area contributed by atoms with Crippen LogP contribution in [0.4, 0.5) is 0 Å². The Kier molecular flexibility index (Phi) is 5.69. The first-order valence-electron chi connectivity index (χ1n) is 9.17. The molecule has 2 aromatic rings. The van der Waals surface area contributed by atoms with Crippen molar-refractivity contribution in [1.82, 2.24) is 9.62 Å². The Morgan fingerprint density at radius 1 is 1.14 bits per heavy atom. The van der Waals surface area contributed by atoms with Crippen LogP contribution in [0.3, 0.4) is 0 Å². The van der Waals surface area contributed by atoms with Gasteiger partial charge >= 0.3 is 0 Å². The van der Waals surface area contributed by atoms with Gasteiger partial charge < -0.3 is 10.1 Å². The summed E-state index contributed by atoms with van der Waals surface area (Å²) in [6.07, 6.45) is 0. The van der Waals surface area contributed by atoms with Crippen molar-refractivity contribution in [3.05, 3.63) is 58.6 Å². The maximum atomic E-state index is 12.8. The average Bonchev–Trinajstić information content (AvgIpc) is 3.21. The Morgan fingerprint density at radius 2 is 1.76 bits per heavy atom. The molecule has 0 spiro atoms. The predicted octanol–water partition coefficient (Wildman–Crippen LogP) is 3.52. The summed E-state index contributed by atoms with van der Waals surface area (Å²) in [6, 6.07) is 11.7. The molecule has 1 fully saturated rings. The quantitative estimate of drug-likeness (QED) is 0.751. The molecule has 6 nitrogen and oxygen atoms in total. The first-order chi connectivity index (χ1) is 13.5. The molecule has 2 atom stereocenters. The van der Waals surface area contributed by atoms with Crippen LogP contribution in [0.1, 0.15) is 35.7 Å². The van der Waals surface area contributed by atoms with E-state index in [1.165, 1.54) is 25.5 Å². The Morgan fingerprint density at radius 3 is 2.31 bits per heavy atom. The van der Waals surface area contributed by atoms with E-state index < -0.39 is 10.0 Å². The smallest absolute Gasteiger partial charge is 0.255 e. The zero-order valence-corrected chi connectivity index (χ0v) is 18.6. The number of carbonyl (C=O) groups excluding carboxylic acids is 1. The predicted molar refractivity (Wildman–Crippen MR) is 113 cm³/mol. The van der Waals surface area contributed by atoms with Crippen molar-refractivity contribution < 1.29 is 17.9 Å². The molecule has 1 amide bonds. The van der Waals surface area contributed by atoms with Crippen LogP contribution in [0.5, 0.6) is 5.75 Å². The summed E-state index contributed by atoms with van der Waals surface area (Å²) in [5, 5.41) is 3.53. The highest BCUT2D eigenvalue weighted by atomic mass is 35.5. The highest BCUT2D eigenvalue weighted by Gasteiger charge is 2.59. The van der Waals surface area contributed by atoms with Gasteiger partial charge in [-0.2, -0.15) is 0 Å². The van der Waals surface area contributed by atoms with Crippen LogP contribution < -0.4 is 10.1 Å². The molecular weight excluding hydrogens is 412 g/mol. The fraction of sp³-hybridized carbons (Fsp3) is 0.381. The zero-order valence-electron chi connectivity index (χ0n) is 17.1. The minimum Gasteiger partial charge on any atom is -0.496 e. The van der Waals surface area contributed by atoms with Crippen LogP contribution in [-0.2, 0) is 10.0 Å². The Labute approximate surface area is 176 Å². The van der Waals surface area contributed by atoms with E-state index >= 15 is 0 Å². The fourth-order valence-electron chi connectivity index (χ4n) is 3.66. The van der Waals surface area contributed by atoms with E-state index in [0.29, 0.717) is 16.3 Å². The van der Waals surface area contributed by atoms with Gasteiger partial charge in [0.1, 0.15) is 5.75 Å². The van der Waals surface area contributed by atoms with Gasteiger partial charge in [0.2, 0.25) is 10.0 Å². The number of methoxy groups -OCH3 is 1. The second-order valence-corrected chi connectivity index (χ2v) is 10.5. The Hall–Kier alpha value is -2.09. The average molecular weight is 437 g/mol. The molecular formula is C21H25ClN2O4S. The summed E-state index contributed by atoms with van der Waals surface area (Å²) in [5.74, 6) is 0.282. The van der Waals surface area contributed by atoms with Gasteiger partial charge in [-0.1, -0.05) is 37.6 Å². The van der Waals surface area contributed by atoms with Gasteiger partial charge in [0, 0.05) is 31.1 Å². The van der Waals surface area contributed by atoms with Crippen LogP contribution in [0.25, 0.3) is 0 Å². The number of carbonyl (C=O) groups is 1. The third kappa shape index (κ3) is 3.99. The molecule has 0 unspecified atom stereocenters. The Bertz CT molecular complexity index is 1030. The summed E-state index contributed by atoms with van der Waals surface area (Å²) in [6.45, 7) is 4.14. The lowest BCUT2D eigenvalue weighted by molar-refractivity contribution is 0.0943. The van der Waals surface area contributed by atoms with Crippen molar-refractivity contribution in [2.75, 3.05) is 21.2 Å². The molecule has 0 radical (unpaired) electrons. The van der Waals surface area contributed by atoms with E-state index in [4.69, 9.17) is 16.3 Å². The third-order valence-electron chi connectivity index (χ3n) is 5.54. The normalized spacial score (nSPS) is 20.4. The second kappa shape index (κ2) is 7.63. The van der Waals surface area contributed by atoms with Crippen LogP contribution in [0.15, 0.2) is 47.4 Å². The van der Waals surface area contributed by atoms with Crippen molar-refractivity contribution in [3.63, 3.8) is 0 Å². The molecule has 0 heterocycles. The first kappa shape index (κ1) is 21.6. The number of sulfonamides is 1. The SMILES string of the molecule is COc1ccc(Cl)cc1C(=O)N[C@H]1[C@H](c2ccc(S(=O)(=O)N(C)C)cc2)C1(C)C. The van der Waals surface area contributed by atoms with E-state index in [1.807, 2.05) is 12.1 Å². The lowest BCUT2D eigenvalue weighted by Gasteiger charge is -2.12. The molecule has 0 bridgehead atoms. The third-order valence-corrected chi connectivity index (χ3v) is 7.60. The van der Waals surface area contributed by atoms with Crippen molar-refractivity contribution in [2.24, 2.45) is 5.41 Å². The zero-order chi connectivity index (χ0) is 21.6. The van der Waals surface area contributed by atoms with Crippen molar-refractivity contribution in [3.8, 4) is 5.75 Å². The molecule has 1 saturated carbocycles. The summed E-state index contributed by atoms with van der Waals surface area (Å²) in [4.78, 5) is 13.1. The number of halogens is 1. The van der Waals surface area contributed by atoms with Crippen molar-refractivity contribution in [2.45, 2.75) is 30.7 Å². The molecule has 0 aromatic heterocycles. The van der Waals surface area contributed by atoms with Gasteiger partial charge in [-0.3, -0.25) is 4.79 Å². The highest BCUT2D eigenvalue weighted by Crippen LogP contribution is 2.58. The van der Waals surface area contributed by atoms with E-state index in [9.17, 15) is 13.2 Å². The molecule has 0 aliphatic heterocycles. The summed E-state index contributed by atoms with van der Waals surface area (Å²) in [7, 11) is 1.04. The fourth-order valence-corrected chi connectivity index (χ4v) is 4.74. The second-order valence-electron chi connectivity index (χ2n) is 7.95. The van der Waals surface area contributed by atoms with E-state index in [-0.39, 0.29) is 28.2 Å². The van der Waals surface area contributed by atoms with Gasteiger partial charge in [-0.05, 0) is 41.3 Å². The lowest BCUT2D eigenvalue weighted by Crippen LogP contribution is -2.29. The molecule has 156 valence electrons. The molecule has 1 N–H and O–H groups in total. The molecule has 1 aliphatic rings. The minimum atomic E-state index is -3.47. The van der Waals surface area contributed by atoms with E-state index in [1.54, 1.807) is 30.3 Å². The standard InChI is InChI=1S/C21H25ClN2O4S/c1-21(2)18(13-6-9-15(10-7-13)29(26,27)24(3)4)19(21)23-20(25)16-12-14(22)8-11-17(16)28-5/h6-12,18-19H,1-5H3,(H,23,25)/t18-,19-/m0/s1. The molecule has 2 aromatic carbocycles. The van der Waals surface area contributed by atoms with Crippen LogP contribution in [-0.4, -0.2) is 45.9 Å². The number of nitrogens with zero attached hydrogens (tertiary/aromatic N) is 1. The summed E-state index contributed by atoms with van der Waals surface area (Å²) in [5.41, 5.74) is 1.20. The minimum absolute atomic E-state index is 0.0766. The molecule has 29 heavy (non-hydrogen) atoms. The van der Waals surface area contributed by atoms with E-state index in [0.717, 1.165) is 5.56 Å². The van der Waals surface area contributed by atoms with Crippen LogP contribution >= 0.6 is 11.6 Å². The molecule has 3 rings (SSSR count). The lowest BCUT2D eigenvalue weighted by atomic mass is 10.0. The number of nitrogens with one attached hydrogen (secondary N) is 1. The summed E-state index contributed by atoms with van der Waals surface area (Å²) < 4.78 is 31.0. The Balaban J connectivity index is 1.80. The van der Waals surface area contributed by atoms with Gasteiger partial charge in [0.05, 0.1) is 17.6 Å². The maximum absolute atomic E-state index is 12.8. The van der Waals surface area contributed by atoms with Gasteiger partial charge in [0.15, 0.2) is 0 Å². The molecule has 0 saturated heterocycles. The van der Waals surface area contributed by atoms with Crippen molar-refractivity contribution >= 4 is 27.5 Å². The number of ether oxygens (including phenoxy) is 1. The summed E-state index contributed by atoms with van der Waals surface area (Å²) >= 11 is 6.04. The number of hydrogen-bond acceptors (Lipinski definition) is 4. The number of amides is 1. The van der Waals surface area contributed by atoms with Crippen LogP contribution in [0, 0.1) is 5.41 Å². The van der Waals surface area contributed by atoms with E-state index in [2.05, 4.69) is 19.2 Å². The monoisotopic (exact) mass is 436 g/mol. The van der Waals surface area contributed by atoms with Gasteiger partial charge in [0.25, 0.3) is 5.91 Å². The number of hydrogen-bond donors (Lipinski definition) is 1. The van der Waals surface area contributed by atoms with Crippen molar-refractivity contribution in [1.29, 1.82) is 0 Å². The maximum Gasteiger partial charge on any atom is 0.255 e.